The van der Waals surface area contributed by atoms with Gasteiger partial charge in [0, 0.05) is 50.2 Å². The van der Waals surface area contributed by atoms with E-state index in [1.54, 1.807) is 23.3 Å². The van der Waals surface area contributed by atoms with Crippen molar-refractivity contribution < 1.29 is 9.13 Å². The van der Waals surface area contributed by atoms with Crippen molar-refractivity contribution in [3.63, 3.8) is 0 Å². The minimum atomic E-state index is -0.832. The SMILES string of the molecule is C=C(/C=C1/NC=CN/C1=C(/N)OC[C@H]1CNC[C@H](F)C1)c1cnn(C)c1. The van der Waals surface area contributed by atoms with Crippen LogP contribution in [0.4, 0.5) is 4.39 Å². The van der Waals surface area contributed by atoms with Crippen molar-refractivity contribution in [3.8, 4) is 0 Å². The summed E-state index contributed by atoms with van der Waals surface area (Å²) in [5.41, 5.74) is 9.20. The minimum absolute atomic E-state index is 0.0998. The van der Waals surface area contributed by atoms with Crippen molar-refractivity contribution in [3.05, 3.63) is 60.3 Å². The zero-order chi connectivity index (χ0) is 18.5. The van der Waals surface area contributed by atoms with Gasteiger partial charge in [-0.1, -0.05) is 6.58 Å². The monoisotopic (exact) mass is 360 g/mol. The molecule has 3 rings (SSSR count). The second-order valence-electron chi connectivity index (χ2n) is 6.52. The Morgan fingerprint density at radius 2 is 2.27 bits per heavy atom. The fraction of sp³-hybridized carbons (Fsp3) is 0.389. The highest BCUT2D eigenvalue weighted by molar-refractivity contribution is 5.73. The third-order valence-electron chi connectivity index (χ3n) is 4.32. The number of ether oxygens (including phenoxy) is 1. The molecule has 0 aliphatic carbocycles. The average Bonchev–Trinajstić information content (AvgIpc) is 3.07. The molecule has 26 heavy (non-hydrogen) atoms. The van der Waals surface area contributed by atoms with Gasteiger partial charge in [0.25, 0.3) is 0 Å². The number of halogens is 1. The van der Waals surface area contributed by atoms with Gasteiger partial charge < -0.3 is 26.4 Å². The molecule has 0 amide bonds. The van der Waals surface area contributed by atoms with Crippen molar-refractivity contribution >= 4 is 5.57 Å². The number of aryl methyl sites for hydroxylation is 1. The topological polar surface area (TPSA) is 89.2 Å². The van der Waals surface area contributed by atoms with Gasteiger partial charge in [0.15, 0.2) is 0 Å². The van der Waals surface area contributed by atoms with Gasteiger partial charge in [-0.15, -0.1) is 0 Å². The molecule has 7 nitrogen and oxygen atoms in total. The highest BCUT2D eigenvalue weighted by atomic mass is 19.1. The summed E-state index contributed by atoms with van der Waals surface area (Å²) < 4.78 is 20.9. The quantitative estimate of drug-likeness (QED) is 0.588. The molecule has 0 saturated carbocycles. The number of piperidine rings is 1. The average molecular weight is 360 g/mol. The molecule has 2 aliphatic rings. The summed E-state index contributed by atoms with van der Waals surface area (Å²) in [6, 6.07) is 0. The lowest BCUT2D eigenvalue weighted by molar-refractivity contribution is 0.115. The normalized spacial score (nSPS) is 26.2. The van der Waals surface area contributed by atoms with Crippen LogP contribution in [0.15, 0.2) is 54.7 Å². The van der Waals surface area contributed by atoms with Crippen molar-refractivity contribution in [2.24, 2.45) is 18.7 Å². The number of nitrogens with one attached hydrogen (secondary N) is 3. The van der Waals surface area contributed by atoms with Crippen LogP contribution in [-0.2, 0) is 11.8 Å². The first-order chi connectivity index (χ1) is 12.5. The molecule has 1 aromatic heterocycles. The molecule has 1 saturated heterocycles. The van der Waals surface area contributed by atoms with Crippen LogP contribution < -0.4 is 21.7 Å². The van der Waals surface area contributed by atoms with Gasteiger partial charge in [0.05, 0.1) is 18.5 Å². The molecule has 3 heterocycles. The number of hydrogen-bond acceptors (Lipinski definition) is 6. The third-order valence-corrected chi connectivity index (χ3v) is 4.32. The van der Waals surface area contributed by atoms with Crippen molar-refractivity contribution in [1.29, 1.82) is 0 Å². The van der Waals surface area contributed by atoms with Crippen LogP contribution in [0.5, 0.6) is 0 Å². The van der Waals surface area contributed by atoms with Crippen LogP contribution in [0, 0.1) is 5.92 Å². The van der Waals surface area contributed by atoms with Gasteiger partial charge in [-0.2, -0.15) is 5.10 Å². The molecule has 0 radical (unpaired) electrons. The lowest BCUT2D eigenvalue weighted by Crippen LogP contribution is -2.39. The van der Waals surface area contributed by atoms with E-state index in [-0.39, 0.29) is 11.8 Å². The maximum atomic E-state index is 13.5. The van der Waals surface area contributed by atoms with Crippen LogP contribution >= 0.6 is 0 Å². The zero-order valence-electron chi connectivity index (χ0n) is 14.8. The molecule has 2 atom stereocenters. The molecule has 0 bridgehead atoms. The van der Waals surface area contributed by atoms with Gasteiger partial charge in [0.2, 0.25) is 5.88 Å². The summed E-state index contributed by atoms with van der Waals surface area (Å²) in [5, 5.41) is 13.4. The molecule has 0 aromatic carbocycles. The van der Waals surface area contributed by atoms with E-state index in [4.69, 9.17) is 10.5 Å². The Morgan fingerprint density at radius 3 is 3.00 bits per heavy atom. The molecule has 8 heteroatoms. The molecular formula is C18H25FN6O. The Kier molecular flexibility index (Phi) is 5.62. The summed E-state index contributed by atoms with van der Waals surface area (Å²) in [6.07, 6.45) is 8.66. The summed E-state index contributed by atoms with van der Waals surface area (Å²) in [7, 11) is 1.85. The molecule has 0 spiro atoms. The number of alkyl halides is 1. The van der Waals surface area contributed by atoms with Crippen LogP contribution in [0.25, 0.3) is 5.57 Å². The van der Waals surface area contributed by atoms with E-state index in [2.05, 4.69) is 27.6 Å². The van der Waals surface area contributed by atoms with E-state index in [0.29, 0.717) is 25.3 Å². The molecule has 5 N–H and O–H groups in total. The highest BCUT2D eigenvalue weighted by Gasteiger charge is 2.22. The molecule has 0 unspecified atom stereocenters. The van der Waals surface area contributed by atoms with Crippen molar-refractivity contribution in [2.45, 2.75) is 12.6 Å². The van der Waals surface area contributed by atoms with E-state index in [1.807, 2.05) is 19.3 Å². The van der Waals surface area contributed by atoms with Crippen LogP contribution in [0.1, 0.15) is 12.0 Å². The molecular weight excluding hydrogens is 335 g/mol. The van der Waals surface area contributed by atoms with Gasteiger partial charge in [-0.3, -0.25) is 4.68 Å². The second-order valence-corrected chi connectivity index (χ2v) is 6.52. The van der Waals surface area contributed by atoms with Crippen LogP contribution in [0.2, 0.25) is 0 Å². The Hall–Kier alpha value is -2.74. The minimum Gasteiger partial charge on any atom is -0.477 e. The molecule has 140 valence electrons. The van der Waals surface area contributed by atoms with E-state index < -0.39 is 6.17 Å². The van der Waals surface area contributed by atoms with Crippen molar-refractivity contribution in [2.75, 3.05) is 19.7 Å². The first kappa shape index (κ1) is 18.1. The number of nitrogens with two attached hydrogens (primary N) is 1. The maximum Gasteiger partial charge on any atom is 0.210 e. The highest BCUT2D eigenvalue weighted by Crippen LogP contribution is 2.20. The second kappa shape index (κ2) is 8.09. The summed E-state index contributed by atoms with van der Waals surface area (Å²) >= 11 is 0. The van der Waals surface area contributed by atoms with E-state index in [9.17, 15) is 4.39 Å². The fourth-order valence-electron chi connectivity index (χ4n) is 2.95. The zero-order valence-corrected chi connectivity index (χ0v) is 14.8. The van der Waals surface area contributed by atoms with Crippen molar-refractivity contribution in [1.82, 2.24) is 25.7 Å². The number of hydrogen-bond donors (Lipinski definition) is 4. The van der Waals surface area contributed by atoms with Gasteiger partial charge in [-0.25, -0.2) is 4.39 Å². The molecule has 1 aromatic rings. The smallest absolute Gasteiger partial charge is 0.210 e. The fourth-order valence-corrected chi connectivity index (χ4v) is 2.95. The number of allylic oxidation sites excluding steroid dienone is 2. The predicted octanol–water partition coefficient (Wildman–Crippen LogP) is 1.07. The number of rotatable bonds is 5. The Morgan fingerprint density at radius 1 is 1.46 bits per heavy atom. The van der Waals surface area contributed by atoms with Gasteiger partial charge in [0.1, 0.15) is 11.9 Å². The first-order valence-corrected chi connectivity index (χ1v) is 8.58. The lowest BCUT2D eigenvalue weighted by Gasteiger charge is -2.26. The summed E-state index contributed by atoms with van der Waals surface area (Å²) in [4.78, 5) is 0. The number of aromatic nitrogens is 2. The largest absolute Gasteiger partial charge is 0.477 e. The Labute approximate surface area is 152 Å². The Bertz CT molecular complexity index is 751. The first-order valence-electron chi connectivity index (χ1n) is 8.58. The lowest BCUT2D eigenvalue weighted by atomic mass is 9.99. The van der Waals surface area contributed by atoms with Crippen LogP contribution in [-0.4, -0.2) is 35.6 Å². The van der Waals surface area contributed by atoms with Crippen LogP contribution in [0.3, 0.4) is 0 Å². The molecule has 1 fully saturated rings. The number of nitrogens with zero attached hydrogens (tertiary/aromatic N) is 2. The maximum absolute atomic E-state index is 13.5. The molecule has 2 aliphatic heterocycles. The van der Waals surface area contributed by atoms with E-state index in [1.165, 1.54) is 0 Å². The Balaban J connectivity index is 1.70. The summed E-state index contributed by atoms with van der Waals surface area (Å²) in [5.74, 6) is 0.357. The third kappa shape index (κ3) is 4.45. The summed E-state index contributed by atoms with van der Waals surface area (Å²) in [6.45, 7) is 5.58. The van der Waals surface area contributed by atoms with E-state index in [0.717, 1.165) is 23.4 Å². The predicted molar refractivity (Wildman–Crippen MR) is 98.8 cm³/mol. The van der Waals surface area contributed by atoms with Gasteiger partial charge in [-0.05, 0) is 18.1 Å². The van der Waals surface area contributed by atoms with Gasteiger partial charge >= 0.3 is 0 Å². The standard InChI is InChI=1S/C18H25FN6O/c1-12(14-8-24-25(2)10-14)5-16-17(23-4-3-22-16)18(20)26-11-13-6-15(19)9-21-7-13/h3-5,8,10,13,15,21-23H,1,6-7,9,11,20H2,2H3/b16-5+,18-17-/t13-,15-/m1/s1. The van der Waals surface area contributed by atoms with E-state index >= 15 is 0 Å².